The third-order valence-corrected chi connectivity index (χ3v) is 3.75. The molecule has 2 aliphatic rings. The summed E-state index contributed by atoms with van der Waals surface area (Å²) in [5.41, 5.74) is 6.63. The van der Waals surface area contributed by atoms with Crippen molar-refractivity contribution in [2.45, 2.75) is 12.8 Å². The summed E-state index contributed by atoms with van der Waals surface area (Å²) in [5.74, 6) is 0. The molecule has 0 bridgehead atoms. The van der Waals surface area contributed by atoms with Crippen molar-refractivity contribution in [3.05, 3.63) is 77.9 Å². The molecule has 0 heterocycles. The molecule has 2 aromatic rings. The van der Waals surface area contributed by atoms with Gasteiger partial charge in [0.15, 0.2) is 0 Å². The van der Waals surface area contributed by atoms with Gasteiger partial charge in [0.05, 0.1) is 0 Å². The van der Waals surface area contributed by atoms with Gasteiger partial charge >= 0.3 is 26.2 Å². The second-order valence-electron chi connectivity index (χ2n) is 5.47. The molecule has 2 aromatic carbocycles. The van der Waals surface area contributed by atoms with E-state index in [9.17, 15) is 0 Å². The third kappa shape index (κ3) is 5.34. The average molecular weight is 436 g/mol. The van der Waals surface area contributed by atoms with E-state index < -0.39 is 0 Å². The van der Waals surface area contributed by atoms with Crippen LogP contribution in [0.2, 0.25) is 0 Å². The molecule has 4 rings (SSSR count). The van der Waals surface area contributed by atoms with Crippen LogP contribution in [-0.2, 0) is 32.6 Å². The van der Waals surface area contributed by atoms with Crippen LogP contribution in [0.3, 0.4) is 0 Å². The number of anilines is 1. The second-order valence-corrected chi connectivity index (χ2v) is 5.47. The van der Waals surface area contributed by atoms with Crippen molar-refractivity contribution >= 4 is 5.69 Å². The monoisotopic (exact) mass is 433 g/mol. The molecule has 24 heavy (non-hydrogen) atoms. The van der Waals surface area contributed by atoms with Gasteiger partial charge < -0.3 is 29.7 Å². The van der Waals surface area contributed by atoms with Gasteiger partial charge in [-0.1, -0.05) is 41.1 Å². The zero-order chi connectivity index (χ0) is 14.7. The van der Waals surface area contributed by atoms with Crippen molar-refractivity contribution in [3.8, 4) is 11.1 Å². The molecule has 0 unspecified atom stereocenters. The summed E-state index contributed by atoms with van der Waals surface area (Å²) < 4.78 is 0. The van der Waals surface area contributed by atoms with Crippen molar-refractivity contribution in [1.29, 1.82) is 0 Å². The molecule has 0 radical (unpaired) electrons. The number of nitrogens with zero attached hydrogens (tertiary/aromatic N) is 1. The van der Waals surface area contributed by atoms with E-state index >= 15 is 0 Å². The Labute approximate surface area is 176 Å². The van der Waals surface area contributed by atoms with E-state index in [1.807, 2.05) is 12.2 Å². The molecule has 0 aromatic heterocycles. The number of hydrogen-bond acceptors (Lipinski definition) is 1. The number of allylic oxidation sites excluding steroid dienone is 4. The standard InChI is InChI=1S/C15H14N.C5H5.2ClH.Zr/c1-16(2)13-7-8-15-12(10-13)9-11-5-3-4-6-14(11)15;1-2-4-5-3-1;;;/h3-8H,9H2,1-2H3;1-3H,4H2;2*1H;/q2*-1;;;+4/p-2. The first kappa shape index (κ1) is 23.2. The first-order valence-corrected chi connectivity index (χ1v) is 7.28. The molecule has 2 aliphatic carbocycles. The molecule has 122 valence electrons. The van der Waals surface area contributed by atoms with E-state index in [-0.39, 0.29) is 51.0 Å². The van der Waals surface area contributed by atoms with Crippen molar-refractivity contribution in [3.63, 3.8) is 0 Å². The molecule has 0 spiro atoms. The number of fused-ring (bicyclic) bond motifs is 3. The van der Waals surface area contributed by atoms with Crippen LogP contribution >= 0.6 is 0 Å². The van der Waals surface area contributed by atoms with E-state index in [4.69, 9.17) is 0 Å². The molecule has 0 amide bonds. The largest absolute Gasteiger partial charge is 4.00 e. The molecule has 0 atom stereocenters. The molecule has 1 nitrogen and oxygen atoms in total. The summed E-state index contributed by atoms with van der Waals surface area (Å²) in [5, 5.41) is 0. The molecule has 0 saturated heterocycles. The summed E-state index contributed by atoms with van der Waals surface area (Å²) >= 11 is 0. The van der Waals surface area contributed by atoms with Gasteiger partial charge in [-0.05, 0) is 6.42 Å². The topological polar surface area (TPSA) is 3.24 Å². The van der Waals surface area contributed by atoms with Gasteiger partial charge in [-0.15, -0.1) is 23.6 Å². The zero-order valence-electron chi connectivity index (χ0n) is 13.8. The van der Waals surface area contributed by atoms with E-state index in [1.165, 1.54) is 22.3 Å². The first-order chi connectivity index (χ1) is 10.3. The number of rotatable bonds is 1. The Balaban J connectivity index is 0.000000578. The van der Waals surface area contributed by atoms with Gasteiger partial charge in [-0.3, -0.25) is 6.08 Å². The normalized spacial score (nSPS) is 11.8. The Morgan fingerprint density at radius 1 is 0.958 bits per heavy atom. The SMILES string of the molecule is CN(C)c1[c-]c2c(cc1)-c1ccccc1C2.[C-]1=CC=CC1.[Cl-].[Cl-].[Zr+4]. The van der Waals surface area contributed by atoms with Crippen LogP contribution < -0.4 is 29.7 Å². The van der Waals surface area contributed by atoms with Gasteiger partial charge in [-0.25, -0.2) is 12.2 Å². The smallest absolute Gasteiger partial charge is 1.00 e. The Morgan fingerprint density at radius 2 is 1.71 bits per heavy atom. The summed E-state index contributed by atoms with van der Waals surface area (Å²) in [4.78, 5) is 2.10. The predicted molar refractivity (Wildman–Crippen MR) is 89.4 cm³/mol. The minimum Gasteiger partial charge on any atom is -1.00 e. The number of halogens is 2. The van der Waals surface area contributed by atoms with E-state index in [2.05, 4.69) is 73.6 Å². The predicted octanol–water partition coefficient (Wildman–Crippen LogP) is -1.56. The van der Waals surface area contributed by atoms with Crippen LogP contribution in [-0.4, -0.2) is 14.1 Å². The fourth-order valence-electron chi connectivity index (χ4n) is 2.65. The fourth-order valence-corrected chi connectivity index (χ4v) is 2.65. The van der Waals surface area contributed by atoms with Crippen LogP contribution in [0.25, 0.3) is 11.1 Å². The van der Waals surface area contributed by atoms with Crippen molar-refractivity contribution in [2.24, 2.45) is 0 Å². The van der Waals surface area contributed by atoms with E-state index in [1.54, 1.807) is 0 Å². The molecule has 0 saturated carbocycles. The zero-order valence-corrected chi connectivity index (χ0v) is 17.8. The second kappa shape index (κ2) is 10.9. The van der Waals surface area contributed by atoms with E-state index in [0.717, 1.165) is 18.5 Å². The maximum atomic E-state index is 3.50. The van der Waals surface area contributed by atoms with Crippen LogP contribution in [0.1, 0.15) is 17.5 Å². The Kier molecular flexibility index (Phi) is 10.6. The van der Waals surface area contributed by atoms with Gasteiger partial charge in [-0.2, -0.15) is 18.2 Å². The maximum absolute atomic E-state index is 3.50. The average Bonchev–Trinajstić information content (AvgIpc) is 3.17. The summed E-state index contributed by atoms with van der Waals surface area (Å²) in [6.45, 7) is 0. The van der Waals surface area contributed by atoms with Crippen molar-refractivity contribution in [2.75, 3.05) is 19.0 Å². The molecular formula is C20H19Cl2NZr. The Morgan fingerprint density at radius 3 is 2.29 bits per heavy atom. The molecule has 0 N–H and O–H groups in total. The van der Waals surface area contributed by atoms with Gasteiger partial charge in [0.25, 0.3) is 0 Å². The first-order valence-electron chi connectivity index (χ1n) is 7.28. The summed E-state index contributed by atoms with van der Waals surface area (Å²) in [7, 11) is 4.11. The number of benzene rings is 2. The third-order valence-electron chi connectivity index (χ3n) is 3.75. The van der Waals surface area contributed by atoms with Gasteiger partial charge in [0.2, 0.25) is 0 Å². The van der Waals surface area contributed by atoms with Crippen LogP contribution in [0.5, 0.6) is 0 Å². The minimum absolute atomic E-state index is 0. The minimum atomic E-state index is 0. The fraction of sp³-hybridized carbons (Fsp3) is 0.200. The van der Waals surface area contributed by atoms with Gasteiger partial charge in [0.1, 0.15) is 0 Å². The van der Waals surface area contributed by atoms with Gasteiger partial charge in [0, 0.05) is 14.1 Å². The molecular weight excluding hydrogens is 416 g/mol. The summed E-state index contributed by atoms with van der Waals surface area (Å²) in [6, 6.07) is 16.5. The maximum Gasteiger partial charge on any atom is 4.00 e. The van der Waals surface area contributed by atoms with Crippen molar-refractivity contribution < 1.29 is 51.0 Å². The quantitative estimate of drug-likeness (QED) is 0.418. The van der Waals surface area contributed by atoms with E-state index in [0.29, 0.717) is 0 Å². The summed E-state index contributed by atoms with van der Waals surface area (Å²) in [6.07, 6.45) is 11.0. The number of hydrogen-bond donors (Lipinski definition) is 0. The van der Waals surface area contributed by atoms with Crippen molar-refractivity contribution in [1.82, 2.24) is 0 Å². The van der Waals surface area contributed by atoms with Crippen LogP contribution in [0.4, 0.5) is 5.69 Å². The van der Waals surface area contributed by atoms with Crippen LogP contribution in [0.15, 0.2) is 54.6 Å². The van der Waals surface area contributed by atoms with Crippen LogP contribution in [0, 0.1) is 12.1 Å². The Hall–Kier alpha value is -0.817. The molecule has 0 aliphatic heterocycles. The molecule has 4 heteroatoms. The Bertz CT molecular complexity index is 699. The molecule has 0 fully saturated rings.